The van der Waals surface area contributed by atoms with Gasteiger partial charge in [0.05, 0.1) is 5.02 Å². The van der Waals surface area contributed by atoms with Gasteiger partial charge < -0.3 is 9.84 Å². The fourth-order valence-electron chi connectivity index (χ4n) is 2.27. The van der Waals surface area contributed by atoms with Crippen LogP contribution >= 0.6 is 11.6 Å². The third kappa shape index (κ3) is 3.61. The van der Waals surface area contributed by atoms with Crippen LogP contribution in [0.4, 0.5) is 0 Å². The molecule has 1 aromatic rings. The van der Waals surface area contributed by atoms with Gasteiger partial charge in [-0.3, -0.25) is 4.90 Å². The van der Waals surface area contributed by atoms with E-state index < -0.39 is 0 Å². The van der Waals surface area contributed by atoms with E-state index in [0.717, 1.165) is 37.4 Å². The van der Waals surface area contributed by atoms with Crippen molar-refractivity contribution in [3.05, 3.63) is 28.8 Å². The summed E-state index contributed by atoms with van der Waals surface area (Å²) in [6.07, 6.45) is 1.09. The maximum absolute atomic E-state index is 9.08. The fraction of sp³-hybridized carbons (Fsp3) is 0.571. The average Bonchev–Trinajstić information content (AvgIpc) is 2.81. The Morgan fingerprint density at radius 1 is 1.50 bits per heavy atom. The Morgan fingerprint density at radius 3 is 3.06 bits per heavy atom. The Balaban J connectivity index is 1.77. The summed E-state index contributed by atoms with van der Waals surface area (Å²) in [6.45, 7) is 5.87. The van der Waals surface area contributed by atoms with E-state index >= 15 is 0 Å². The second-order valence-electron chi connectivity index (χ2n) is 4.92. The zero-order valence-corrected chi connectivity index (χ0v) is 11.5. The Hall–Kier alpha value is -0.770. The molecule has 0 spiro atoms. The maximum Gasteiger partial charge on any atom is 0.138 e. The van der Waals surface area contributed by atoms with E-state index in [4.69, 9.17) is 21.4 Å². The van der Waals surface area contributed by atoms with Crippen molar-refractivity contribution in [3.8, 4) is 5.75 Å². The molecule has 1 aliphatic heterocycles. The lowest BCUT2D eigenvalue weighted by Gasteiger charge is -2.16. The highest BCUT2D eigenvalue weighted by Crippen LogP contribution is 2.25. The average molecular weight is 270 g/mol. The van der Waals surface area contributed by atoms with Crippen LogP contribution in [-0.2, 0) is 0 Å². The van der Waals surface area contributed by atoms with E-state index in [1.54, 1.807) is 0 Å². The fourth-order valence-corrected chi connectivity index (χ4v) is 2.44. The summed E-state index contributed by atoms with van der Waals surface area (Å²) in [7, 11) is 0. The number of hydrogen-bond acceptors (Lipinski definition) is 3. The van der Waals surface area contributed by atoms with Crippen LogP contribution in [0.2, 0.25) is 5.02 Å². The number of ether oxygens (including phenoxy) is 1. The second-order valence-corrected chi connectivity index (χ2v) is 5.33. The van der Waals surface area contributed by atoms with E-state index in [9.17, 15) is 0 Å². The minimum Gasteiger partial charge on any atom is -0.491 e. The highest BCUT2D eigenvalue weighted by molar-refractivity contribution is 6.32. The molecule has 1 unspecified atom stereocenters. The topological polar surface area (TPSA) is 32.7 Å². The molecule has 3 nitrogen and oxygen atoms in total. The Morgan fingerprint density at radius 2 is 2.33 bits per heavy atom. The smallest absolute Gasteiger partial charge is 0.138 e. The number of halogens is 1. The molecule has 1 atom stereocenters. The molecule has 1 aliphatic rings. The Labute approximate surface area is 113 Å². The molecule has 1 saturated heterocycles. The number of aryl methyl sites for hydroxylation is 1. The van der Waals surface area contributed by atoms with Crippen molar-refractivity contribution in [2.24, 2.45) is 5.92 Å². The summed E-state index contributed by atoms with van der Waals surface area (Å²) >= 11 is 6.07. The normalized spacial score (nSPS) is 20.3. The molecule has 0 aliphatic carbocycles. The number of nitrogens with zero attached hydrogens (tertiary/aromatic N) is 1. The summed E-state index contributed by atoms with van der Waals surface area (Å²) in [5.41, 5.74) is 1.15. The molecule has 0 radical (unpaired) electrons. The monoisotopic (exact) mass is 269 g/mol. The number of aliphatic hydroxyl groups is 1. The van der Waals surface area contributed by atoms with Crippen LogP contribution in [-0.4, -0.2) is 42.9 Å². The van der Waals surface area contributed by atoms with Gasteiger partial charge in [0.25, 0.3) is 0 Å². The van der Waals surface area contributed by atoms with E-state index in [0.29, 0.717) is 24.2 Å². The first-order valence-corrected chi connectivity index (χ1v) is 6.79. The lowest BCUT2D eigenvalue weighted by molar-refractivity contribution is 0.204. The van der Waals surface area contributed by atoms with Crippen molar-refractivity contribution in [1.82, 2.24) is 4.90 Å². The predicted octanol–water partition coefficient (Wildman–Crippen LogP) is 2.34. The van der Waals surface area contributed by atoms with Gasteiger partial charge in [0.2, 0.25) is 0 Å². The summed E-state index contributed by atoms with van der Waals surface area (Å²) in [5.74, 6) is 1.20. The van der Waals surface area contributed by atoms with Crippen molar-refractivity contribution in [1.29, 1.82) is 0 Å². The first-order valence-electron chi connectivity index (χ1n) is 6.41. The van der Waals surface area contributed by atoms with Crippen molar-refractivity contribution in [2.45, 2.75) is 13.3 Å². The third-order valence-corrected chi connectivity index (χ3v) is 3.69. The highest BCUT2D eigenvalue weighted by Gasteiger charge is 2.21. The van der Waals surface area contributed by atoms with Gasteiger partial charge in [-0.25, -0.2) is 0 Å². The molecule has 1 heterocycles. The molecule has 1 fully saturated rings. The zero-order chi connectivity index (χ0) is 13.0. The SMILES string of the molecule is Cc1ccc(Cl)c(OCCN2CCC(CO)C2)c1. The molecule has 2 rings (SSSR count). The van der Waals surface area contributed by atoms with E-state index in [-0.39, 0.29) is 0 Å². The third-order valence-electron chi connectivity index (χ3n) is 3.38. The van der Waals surface area contributed by atoms with Gasteiger partial charge in [-0.05, 0) is 43.5 Å². The molecule has 0 amide bonds. The molecule has 0 saturated carbocycles. The number of aliphatic hydroxyl groups excluding tert-OH is 1. The summed E-state index contributed by atoms with van der Waals surface area (Å²) in [4.78, 5) is 2.32. The summed E-state index contributed by atoms with van der Waals surface area (Å²) < 4.78 is 5.71. The van der Waals surface area contributed by atoms with Gasteiger partial charge in [0, 0.05) is 19.7 Å². The largest absolute Gasteiger partial charge is 0.491 e. The van der Waals surface area contributed by atoms with E-state index in [1.807, 2.05) is 25.1 Å². The first kappa shape index (κ1) is 13.7. The Kier molecular flexibility index (Phi) is 4.87. The molecular weight excluding hydrogens is 250 g/mol. The van der Waals surface area contributed by atoms with Gasteiger partial charge >= 0.3 is 0 Å². The molecule has 18 heavy (non-hydrogen) atoms. The van der Waals surface area contributed by atoms with Gasteiger partial charge in [-0.15, -0.1) is 0 Å². The van der Waals surface area contributed by atoms with E-state index in [2.05, 4.69) is 4.90 Å². The summed E-state index contributed by atoms with van der Waals surface area (Å²) in [6, 6.07) is 5.80. The van der Waals surface area contributed by atoms with Gasteiger partial charge in [0.15, 0.2) is 0 Å². The second kappa shape index (κ2) is 6.41. The molecule has 100 valence electrons. The molecular formula is C14H20ClNO2. The lowest BCUT2D eigenvalue weighted by atomic mass is 10.1. The number of hydrogen-bond donors (Lipinski definition) is 1. The van der Waals surface area contributed by atoms with Crippen LogP contribution in [0.5, 0.6) is 5.75 Å². The zero-order valence-electron chi connectivity index (χ0n) is 10.7. The molecule has 0 bridgehead atoms. The Bertz CT molecular complexity index is 397. The maximum atomic E-state index is 9.08. The minimum absolute atomic E-state index is 0.293. The highest BCUT2D eigenvalue weighted by atomic mass is 35.5. The number of rotatable bonds is 5. The number of benzene rings is 1. The first-order chi connectivity index (χ1) is 8.69. The molecule has 1 aromatic carbocycles. The lowest BCUT2D eigenvalue weighted by Crippen LogP contribution is -2.26. The van der Waals surface area contributed by atoms with Crippen LogP contribution in [0.15, 0.2) is 18.2 Å². The molecule has 1 N–H and O–H groups in total. The van der Waals surface area contributed by atoms with Crippen LogP contribution in [0, 0.1) is 12.8 Å². The van der Waals surface area contributed by atoms with Crippen molar-refractivity contribution < 1.29 is 9.84 Å². The van der Waals surface area contributed by atoms with Crippen molar-refractivity contribution in [3.63, 3.8) is 0 Å². The van der Waals surface area contributed by atoms with E-state index in [1.165, 1.54) is 0 Å². The van der Waals surface area contributed by atoms with Crippen molar-refractivity contribution in [2.75, 3.05) is 32.8 Å². The van der Waals surface area contributed by atoms with Crippen LogP contribution < -0.4 is 4.74 Å². The van der Waals surface area contributed by atoms with Gasteiger partial charge in [-0.2, -0.15) is 0 Å². The van der Waals surface area contributed by atoms with Gasteiger partial charge in [0.1, 0.15) is 12.4 Å². The quantitative estimate of drug-likeness (QED) is 0.891. The van der Waals surface area contributed by atoms with Crippen LogP contribution in [0.25, 0.3) is 0 Å². The molecule has 0 aromatic heterocycles. The number of likely N-dealkylation sites (tertiary alicyclic amines) is 1. The standard InChI is InChI=1S/C14H20ClNO2/c1-11-2-3-13(15)14(8-11)18-7-6-16-5-4-12(9-16)10-17/h2-3,8,12,17H,4-7,9-10H2,1H3. The molecule has 4 heteroatoms. The predicted molar refractivity (Wildman–Crippen MR) is 73.3 cm³/mol. The van der Waals surface area contributed by atoms with Crippen molar-refractivity contribution >= 4 is 11.6 Å². The van der Waals surface area contributed by atoms with Crippen LogP contribution in [0.1, 0.15) is 12.0 Å². The summed E-state index contributed by atoms with van der Waals surface area (Å²) in [5, 5.41) is 9.74. The minimum atomic E-state index is 0.293. The van der Waals surface area contributed by atoms with Gasteiger partial charge in [-0.1, -0.05) is 17.7 Å². The van der Waals surface area contributed by atoms with Crippen LogP contribution in [0.3, 0.4) is 0 Å².